The van der Waals surface area contributed by atoms with Crippen molar-refractivity contribution in [3.05, 3.63) is 90.5 Å². The molecular weight excluding hydrogens is 551 g/mol. The van der Waals surface area contributed by atoms with Gasteiger partial charge in [-0.05, 0) is 29.8 Å². The van der Waals surface area contributed by atoms with Gasteiger partial charge in [0.05, 0.1) is 16.1 Å². The van der Waals surface area contributed by atoms with Crippen molar-refractivity contribution in [1.82, 2.24) is 15.7 Å². The predicted octanol–water partition coefficient (Wildman–Crippen LogP) is 3.73. The summed E-state index contributed by atoms with van der Waals surface area (Å²) in [5.41, 5.74) is -0.0559. The molecule has 202 valence electrons. The molecule has 1 aromatic heterocycles. The number of carbonyl (C=O) groups excluding carboxylic acids is 3. The number of rotatable bonds is 7. The molecule has 3 rings (SSSR count). The van der Waals surface area contributed by atoms with Gasteiger partial charge >= 0.3 is 12.2 Å². The number of thiazole rings is 1. The van der Waals surface area contributed by atoms with Crippen molar-refractivity contribution >= 4 is 51.9 Å². The zero-order valence-corrected chi connectivity index (χ0v) is 20.1. The lowest BCUT2D eigenvalue weighted by molar-refractivity contribution is -0.385. The van der Waals surface area contributed by atoms with E-state index in [1.807, 2.05) is 10.7 Å². The number of nitrogens with zero attached hydrogens (tertiary/aromatic N) is 5. The largest absolute Gasteiger partial charge is 0.435 e. The van der Waals surface area contributed by atoms with Gasteiger partial charge in [0.25, 0.3) is 23.2 Å². The number of anilines is 1. The van der Waals surface area contributed by atoms with E-state index >= 15 is 0 Å². The van der Waals surface area contributed by atoms with Gasteiger partial charge < -0.3 is 0 Å². The first-order valence-electron chi connectivity index (χ1n) is 10.3. The molecule has 14 nitrogen and oxygen atoms in total. The third kappa shape index (κ3) is 6.95. The predicted molar refractivity (Wildman–Crippen MR) is 130 cm³/mol. The summed E-state index contributed by atoms with van der Waals surface area (Å²) in [5, 5.41) is 26.2. The molecule has 2 aromatic carbocycles. The summed E-state index contributed by atoms with van der Waals surface area (Å²) in [5.74, 6) is -2.30. The lowest BCUT2D eigenvalue weighted by Gasteiger charge is -2.14. The van der Waals surface area contributed by atoms with Crippen LogP contribution in [-0.4, -0.2) is 45.9 Å². The van der Waals surface area contributed by atoms with Gasteiger partial charge in [0.2, 0.25) is 0 Å². The number of hydrogen-bond donors (Lipinski definition) is 2. The van der Waals surface area contributed by atoms with E-state index in [0.29, 0.717) is 10.5 Å². The number of amides is 4. The van der Waals surface area contributed by atoms with Crippen molar-refractivity contribution in [2.24, 2.45) is 5.10 Å². The van der Waals surface area contributed by atoms with E-state index in [-0.39, 0.29) is 28.3 Å². The molecule has 0 bridgehead atoms. The number of hydrogen-bond acceptors (Lipinski definition) is 10. The lowest BCUT2D eigenvalue weighted by atomic mass is 10.2. The van der Waals surface area contributed by atoms with Crippen LogP contribution >= 0.6 is 11.3 Å². The molecule has 0 atom stereocenters. The number of urea groups is 1. The fourth-order valence-electron chi connectivity index (χ4n) is 2.77. The van der Waals surface area contributed by atoms with Crippen molar-refractivity contribution < 1.29 is 37.4 Å². The Balaban J connectivity index is 1.74. The van der Waals surface area contributed by atoms with Crippen LogP contribution in [0.25, 0.3) is 0 Å². The number of nitro groups is 2. The molecule has 3 aromatic rings. The highest BCUT2D eigenvalue weighted by molar-refractivity contribution is 7.17. The minimum atomic E-state index is -5.09. The Labute approximate surface area is 219 Å². The van der Waals surface area contributed by atoms with E-state index in [2.05, 4.69) is 10.1 Å². The molecule has 18 heteroatoms. The van der Waals surface area contributed by atoms with E-state index in [0.717, 1.165) is 49.7 Å². The Morgan fingerprint density at radius 1 is 0.974 bits per heavy atom. The van der Waals surface area contributed by atoms with E-state index < -0.39 is 49.6 Å². The van der Waals surface area contributed by atoms with Crippen LogP contribution in [0.5, 0.6) is 0 Å². The zero-order valence-electron chi connectivity index (χ0n) is 19.3. The highest BCUT2D eigenvalue weighted by Gasteiger charge is 2.40. The number of halogens is 3. The van der Waals surface area contributed by atoms with Crippen LogP contribution in [0.15, 0.2) is 53.6 Å². The molecular formula is C21H14F3N7O7S. The van der Waals surface area contributed by atoms with Gasteiger partial charge in [-0.1, -0.05) is 11.3 Å². The van der Waals surface area contributed by atoms with Gasteiger partial charge in [-0.3, -0.25) is 40.0 Å². The first-order valence-corrected chi connectivity index (χ1v) is 11.1. The molecule has 2 N–H and O–H groups in total. The summed E-state index contributed by atoms with van der Waals surface area (Å²) in [4.78, 5) is 60.1. The van der Waals surface area contributed by atoms with Crippen molar-refractivity contribution in [2.75, 3.05) is 11.9 Å². The molecule has 4 amide bonds. The normalized spacial score (nSPS) is 11.2. The molecule has 39 heavy (non-hydrogen) atoms. The number of nitrogens with one attached hydrogen (secondary N) is 2. The Bertz CT molecular complexity index is 1470. The number of hydrazone groups is 1. The summed E-state index contributed by atoms with van der Waals surface area (Å²) < 4.78 is 40.6. The Hall–Kier alpha value is -5.26. The van der Waals surface area contributed by atoms with Crippen molar-refractivity contribution in [2.45, 2.75) is 6.18 Å². The molecule has 0 saturated carbocycles. The number of benzene rings is 2. The standard InChI is InChI=1S/C21H14F3N7O7S/c1-29(19(34)27-17(32)12-4-8-14(9-5-12)31(37)38)20-26-16(21(22,23)24)15(39-20)18(33)28-25-10-11-2-6-13(7-3-11)30(35)36/h2-10H,1H3,(H,28,33)(H,27,32,34)/b25-10+. The van der Waals surface area contributed by atoms with E-state index in [4.69, 9.17) is 0 Å². The molecule has 0 aliphatic carbocycles. The molecule has 0 fully saturated rings. The van der Waals surface area contributed by atoms with E-state index in [1.54, 1.807) is 0 Å². The molecule has 0 aliphatic heterocycles. The number of non-ortho nitro benzene ring substituents is 2. The maximum atomic E-state index is 13.5. The van der Waals surface area contributed by atoms with Gasteiger partial charge in [0.1, 0.15) is 4.88 Å². The summed E-state index contributed by atoms with van der Waals surface area (Å²) in [6.45, 7) is 0. The topological polar surface area (TPSA) is 190 Å². The number of nitro benzene ring substituents is 2. The summed E-state index contributed by atoms with van der Waals surface area (Å²) >= 11 is 0.197. The maximum absolute atomic E-state index is 13.5. The average Bonchev–Trinajstić information content (AvgIpc) is 3.35. The van der Waals surface area contributed by atoms with Crippen molar-refractivity contribution in [1.29, 1.82) is 0 Å². The van der Waals surface area contributed by atoms with Gasteiger partial charge in [0.15, 0.2) is 10.8 Å². The lowest BCUT2D eigenvalue weighted by Crippen LogP contribution is -2.40. The second-order valence-electron chi connectivity index (χ2n) is 7.34. The first-order chi connectivity index (χ1) is 18.3. The number of carbonyl (C=O) groups is 3. The Morgan fingerprint density at radius 2 is 1.51 bits per heavy atom. The van der Waals surface area contributed by atoms with Crippen LogP contribution < -0.4 is 15.6 Å². The molecule has 0 unspecified atom stereocenters. The average molecular weight is 565 g/mol. The van der Waals surface area contributed by atoms with Crippen LogP contribution in [0.3, 0.4) is 0 Å². The first kappa shape index (κ1) is 28.3. The second-order valence-corrected chi connectivity index (χ2v) is 8.32. The van der Waals surface area contributed by atoms with Gasteiger partial charge in [-0.25, -0.2) is 15.2 Å². The number of aromatic nitrogens is 1. The fourth-order valence-corrected chi connectivity index (χ4v) is 3.71. The summed E-state index contributed by atoms with van der Waals surface area (Å²) in [6.07, 6.45) is -4.05. The van der Waals surface area contributed by atoms with Gasteiger partial charge in [0, 0.05) is 36.9 Å². The zero-order chi connectivity index (χ0) is 28.9. The Morgan fingerprint density at radius 3 is 2.03 bits per heavy atom. The SMILES string of the molecule is CN(C(=O)NC(=O)c1ccc([N+](=O)[O-])cc1)c1nc(C(F)(F)F)c(C(=O)N/N=C/c2ccc([N+](=O)[O-])cc2)s1. The fraction of sp³-hybridized carbons (Fsp3) is 0.0952. The second kappa shape index (κ2) is 11.4. The van der Waals surface area contributed by atoms with Crippen LogP contribution in [0.1, 0.15) is 31.3 Å². The molecule has 0 radical (unpaired) electrons. The van der Waals surface area contributed by atoms with Gasteiger partial charge in [-0.2, -0.15) is 18.3 Å². The van der Waals surface area contributed by atoms with E-state index in [9.17, 15) is 47.8 Å². The third-order valence-electron chi connectivity index (χ3n) is 4.73. The van der Waals surface area contributed by atoms with Crippen LogP contribution in [0.4, 0.5) is 34.5 Å². The van der Waals surface area contributed by atoms with Crippen LogP contribution in [0, 0.1) is 20.2 Å². The Kier molecular flexibility index (Phi) is 8.29. The molecule has 0 aliphatic rings. The highest BCUT2D eigenvalue weighted by atomic mass is 32.1. The highest BCUT2D eigenvalue weighted by Crippen LogP contribution is 2.37. The van der Waals surface area contributed by atoms with Crippen molar-refractivity contribution in [3.63, 3.8) is 0 Å². The smallest absolute Gasteiger partial charge is 0.273 e. The minimum Gasteiger partial charge on any atom is -0.273 e. The monoisotopic (exact) mass is 565 g/mol. The minimum absolute atomic E-state index is 0.136. The summed E-state index contributed by atoms with van der Waals surface area (Å²) in [7, 11) is 1.01. The van der Waals surface area contributed by atoms with Crippen molar-refractivity contribution in [3.8, 4) is 0 Å². The third-order valence-corrected chi connectivity index (χ3v) is 5.86. The quantitative estimate of drug-likeness (QED) is 0.246. The van der Waals surface area contributed by atoms with Gasteiger partial charge in [-0.15, -0.1) is 0 Å². The summed E-state index contributed by atoms with van der Waals surface area (Å²) in [6, 6.07) is 7.92. The van der Waals surface area contributed by atoms with Crippen LogP contribution in [0.2, 0.25) is 0 Å². The number of alkyl halides is 3. The molecule has 0 saturated heterocycles. The maximum Gasteiger partial charge on any atom is 0.435 e. The number of imide groups is 1. The van der Waals surface area contributed by atoms with E-state index in [1.165, 1.54) is 12.1 Å². The van der Waals surface area contributed by atoms with Crippen LogP contribution in [-0.2, 0) is 6.18 Å². The molecule has 1 heterocycles. The molecule has 0 spiro atoms.